The molecule has 0 radical (unpaired) electrons. The number of para-hydroxylation sites is 1. The fraction of sp³-hybridized carbons (Fsp3) is 0.296. The predicted octanol–water partition coefficient (Wildman–Crippen LogP) is 4.15. The Hall–Kier alpha value is -3.74. The van der Waals surface area contributed by atoms with Gasteiger partial charge < -0.3 is 5.32 Å². The first kappa shape index (κ1) is 25.4. The predicted molar refractivity (Wildman–Crippen MR) is 138 cm³/mol. The molecule has 186 valence electrons. The van der Waals surface area contributed by atoms with E-state index >= 15 is 0 Å². The van der Waals surface area contributed by atoms with Crippen molar-refractivity contribution in [2.75, 3.05) is 14.1 Å². The van der Waals surface area contributed by atoms with Gasteiger partial charge in [0.25, 0.3) is 5.91 Å². The first-order valence-electron chi connectivity index (χ1n) is 11.9. The van der Waals surface area contributed by atoms with Crippen molar-refractivity contribution in [3.63, 3.8) is 0 Å². The van der Waals surface area contributed by atoms with Gasteiger partial charge in [-0.25, -0.2) is 17.4 Å². The zero-order valence-corrected chi connectivity index (χ0v) is 21.2. The number of nitriles is 1. The average Bonchev–Trinajstić information content (AvgIpc) is 3.32. The van der Waals surface area contributed by atoms with E-state index < -0.39 is 15.9 Å². The minimum atomic E-state index is -3.66. The maximum absolute atomic E-state index is 12.9. The Balaban J connectivity index is 1.78. The maximum atomic E-state index is 12.9. The Morgan fingerprint density at radius 1 is 1.11 bits per heavy atom. The number of nitrogens with one attached hydrogen (secondary N) is 1. The number of carbonyl (C=O) groups excluding carboxylic acids is 1. The SMILES string of the molecule is CN(C)S(=O)(=O)c1cccc(-c2nn(-c3ccccc3)cc2/C=C(/C#N)C(=O)NC2CCCCC2)c1. The van der Waals surface area contributed by atoms with Crippen LogP contribution in [0.4, 0.5) is 0 Å². The van der Waals surface area contributed by atoms with Gasteiger partial charge in [-0.1, -0.05) is 49.6 Å². The van der Waals surface area contributed by atoms with E-state index in [4.69, 9.17) is 5.10 Å². The lowest BCUT2D eigenvalue weighted by molar-refractivity contribution is -0.117. The lowest BCUT2D eigenvalue weighted by atomic mass is 9.95. The highest BCUT2D eigenvalue weighted by molar-refractivity contribution is 7.89. The molecule has 1 N–H and O–H groups in total. The number of aromatic nitrogens is 2. The molecule has 1 aromatic heterocycles. The van der Waals surface area contributed by atoms with E-state index in [1.165, 1.54) is 26.2 Å². The molecule has 1 heterocycles. The standard InChI is InChI=1S/C27H29N5O3S/c1-31(2)36(34,35)25-15-9-10-20(17-25)26-22(19-32(30-26)24-13-7-4-8-14-24)16-21(18-28)27(33)29-23-11-5-3-6-12-23/h4,7-10,13-17,19,23H,3,5-6,11-12H2,1-2H3,(H,29,33)/b21-16-. The van der Waals surface area contributed by atoms with Crippen molar-refractivity contribution in [3.8, 4) is 23.0 Å². The molecular formula is C27H29N5O3S. The van der Waals surface area contributed by atoms with Gasteiger partial charge in [0, 0.05) is 37.5 Å². The number of hydrogen-bond acceptors (Lipinski definition) is 5. The molecule has 9 heteroatoms. The van der Waals surface area contributed by atoms with Crippen LogP contribution < -0.4 is 5.32 Å². The molecule has 3 aromatic rings. The summed E-state index contributed by atoms with van der Waals surface area (Å²) in [7, 11) is -0.703. The van der Waals surface area contributed by atoms with E-state index in [0.717, 1.165) is 42.1 Å². The van der Waals surface area contributed by atoms with Crippen molar-refractivity contribution in [1.82, 2.24) is 19.4 Å². The zero-order valence-electron chi connectivity index (χ0n) is 20.4. The molecule has 36 heavy (non-hydrogen) atoms. The summed E-state index contributed by atoms with van der Waals surface area (Å²) in [6.45, 7) is 0. The van der Waals surface area contributed by atoms with Crippen LogP contribution in [0.3, 0.4) is 0 Å². The zero-order chi connectivity index (χ0) is 25.7. The molecular weight excluding hydrogens is 474 g/mol. The Bertz CT molecular complexity index is 1410. The van der Waals surface area contributed by atoms with Gasteiger partial charge in [0.1, 0.15) is 17.3 Å². The van der Waals surface area contributed by atoms with Crippen LogP contribution in [-0.4, -0.2) is 48.5 Å². The van der Waals surface area contributed by atoms with Crippen molar-refractivity contribution in [2.24, 2.45) is 0 Å². The van der Waals surface area contributed by atoms with Gasteiger partial charge in [-0.15, -0.1) is 0 Å². The second-order valence-corrected chi connectivity index (χ2v) is 11.2. The summed E-state index contributed by atoms with van der Waals surface area (Å²) in [6, 6.07) is 18.0. The number of carbonyl (C=O) groups is 1. The number of amides is 1. The first-order chi connectivity index (χ1) is 17.3. The van der Waals surface area contributed by atoms with Crippen molar-refractivity contribution in [3.05, 3.63) is 71.9 Å². The molecule has 4 rings (SSSR count). The third-order valence-electron chi connectivity index (χ3n) is 6.25. The van der Waals surface area contributed by atoms with Crippen molar-refractivity contribution in [2.45, 2.75) is 43.0 Å². The van der Waals surface area contributed by atoms with Gasteiger partial charge >= 0.3 is 0 Å². The largest absolute Gasteiger partial charge is 0.349 e. The van der Waals surface area contributed by atoms with Crippen molar-refractivity contribution >= 4 is 22.0 Å². The molecule has 2 aromatic carbocycles. The molecule has 0 saturated heterocycles. The van der Waals surface area contributed by atoms with Crippen molar-refractivity contribution in [1.29, 1.82) is 5.26 Å². The molecule has 1 saturated carbocycles. The highest BCUT2D eigenvalue weighted by atomic mass is 32.2. The average molecular weight is 504 g/mol. The topological polar surface area (TPSA) is 108 Å². The molecule has 0 unspecified atom stereocenters. The fourth-order valence-corrected chi connectivity index (χ4v) is 5.21. The van der Waals surface area contributed by atoms with E-state index in [9.17, 15) is 18.5 Å². The second-order valence-electron chi connectivity index (χ2n) is 9.01. The summed E-state index contributed by atoms with van der Waals surface area (Å²) in [5, 5.41) is 17.5. The van der Waals surface area contributed by atoms with Gasteiger partial charge in [-0.3, -0.25) is 4.79 Å². The number of benzene rings is 2. The second kappa shape index (κ2) is 10.9. The molecule has 0 spiro atoms. The number of sulfonamides is 1. The van der Waals surface area contributed by atoms with Gasteiger partial charge in [-0.05, 0) is 43.2 Å². The van der Waals surface area contributed by atoms with Crippen LogP contribution in [0.2, 0.25) is 0 Å². The lowest BCUT2D eigenvalue weighted by Gasteiger charge is -2.22. The van der Waals surface area contributed by atoms with Gasteiger partial charge in [0.2, 0.25) is 10.0 Å². The minimum absolute atomic E-state index is 0.0218. The summed E-state index contributed by atoms with van der Waals surface area (Å²) in [6.07, 6.45) is 8.38. The van der Waals surface area contributed by atoms with E-state index in [2.05, 4.69) is 5.32 Å². The van der Waals surface area contributed by atoms with Crippen LogP contribution >= 0.6 is 0 Å². The Kier molecular flexibility index (Phi) is 7.67. The summed E-state index contributed by atoms with van der Waals surface area (Å²) >= 11 is 0. The highest BCUT2D eigenvalue weighted by Crippen LogP contribution is 2.28. The van der Waals surface area contributed by atoms with E-state index in [1.807, 2.05) is 36.4 Å². The van der Waals surface area contributed by atoms with Crippen LogP contribution in [0.25, 0.3) is 23.0 Å². The summed E-state index contributed by atoms with van der Waals surface area (Å²) < 4.78 is 28.3. The molecule has 1 aliphatic carbocycles. The van der Waals surface area contributed by atoms with Crippen molar-refractivity contribution < 1.29 is 13.2 Å². The summed E-state index contributed by atoms with van der Waals surface area (Å²) in [5.41, 5.74) is 2.33. The van der Waals surface area contributed by atoms with Crippen LogP contribution in [-0.2, 0) is 14.8 Å². The molecule has 1 aliphatic rings. The normalized spacial score (nSPS) is 15.0. The molecule has 0 atom stereocenters. The highest BCUT2D eigenvalue weighted by Gasteiger charge is 2.21. The minimum Gasteiger partial charge on any atom is -0.349 e. The van der Waals surface area contributed by atoms with Crippen LogP contribution in [0, 0.1) is 11.3 Å². The van der Waals surface area contributed by atoms with Crippen LogP contribution in [0.15, 0.2) is 71.3 Å². The van der Waals surface area contributed by atoms with E-state index in [1.54, 1.807) is 29.1 Å². The molecule has 8 nitrogen and oxygen atoms in total. The quantitative estimate of drug-likeness (QED) is 0.385. The Morgan fingerprint density at radius 2 is 1.83 bits per heavy atom. The third-order valence-corrected chi connectivity index (χ3v) is 8.07. The monoisotopic (exact) mass is 503 g/mol. The lowest BCUT2D eigenvalue weighted by Crippen LogP contribution is -2.36. The number of nitrogens with zero attached hydrogens (tertiary/aromatic N) is 4. The molecule has 1 fully saturated rings. The smallest absolute Gasteiger partial charge is 0.262 e. The van der Waals surface area contributed by atoms with E-state index in [0.29, 0.717) is 16.8 Å². The van der Waals surface area contributed by atoms with Crippen LogP contribution in [0.5, 0.6) is 0 Å². The molecule has 0 bridgehead atoms. The number of rotatable bonds is 7. The van der Waals surface area contributed by atoms with Crippen LogP contribution in [0.1, 0.15) is 37.7 Å². The Labute approximate surface area is 211 Å². The maximum Gasteiger partial charge on any atom is 0.262 e. The summed E-state index contributed by atoms with van der Waals surface area (Å²) in [5.74, 6) is -0.410. The fourth-order valence-electron chi connectivity index (χ4n) is 4.26. The van der Waals surface area contributed by atoms with Gasteiger partial charge in [-0.2, -0.15) is 10.4 Å². The Morgan fingerprint density at radius 3 is 2.50 bits per heavy atom. The van der Waals surface area contributed by atoms with Gasteiger partial charge in [0.15, 0.2) is 0 Å². The van der Waals surface area contributed by atoms with E-state index in [-0.39, 0.29) is 16.5 Å². The van der Waals surface area contributed by atoms with Gasteiger partial charge in [0.05, 0.1) is 10.6 Å². The first-order valence-corrected chi connectivity index (χ1v) is 13.3. The summed E-state index contributed by atoms with van der Waals surface area (Å²) in [4.78, 5) is 13.0. The number of hydrogen-bond donors (Lipinski definition) is 1. The molecule has 1 amide bonds. The molecule has 0 aliphatic heterocycles. The third kappa shape index (κ3) is 5.56.